The molecule has 0 saturated carbocycles. The lowest BCUT2D eigenvalue weighted by molar-refractivity contribution is -0.165. The molecule has 2 aliphatic rings. The first-order valence-corrected chi connectivity index (χ1v) is 12.9. The summed E-state index contributed by atoms with van der Waals surface area (Å²) < 4.78 is 9.73. The quantitative estimate of drug-likeness (QED) is 0.246. The third kappa shape index (κ3) is 4.67. The van der Waals surface area contributed by atoms with Crippen LogP contribution in [0.25, 0.3) is 0 Å². The summed E-state index contributed by atoms with van der Waals surface area (Å²) in [6.45, 7) is 3.83. The van der Waals surface area contributed by atoms with E-state index in [4.69, 9.17) is 21.1 Å². The Morgan fingerprint density at radius 2 is 1.91 bits per heavy atom. The predicted octanol–water partition coefficient (Wildman–Crippen LogP) is 2.86. The Labute approximate surface area is 209 Å². The van der Waals surface area contributed by atoms with E-state index in [9.17, 15) is 19.2 Å². The zero-order valence-corrected chi connectivity index (χ0v) is 20.8. The van der Waals surface area contributed by atoms with Gasteiger partial charge in [0.15, 0.2) is 12.0 Å². The van der Waals surface area contributed by atoms with E-state index in [1.807, 2.05) is 44.2 Å². The monoisotopic (exact) mass is 522 g/mol. The summed E-state index contributed by atoms with van der Waals surface area (Å²) in [7, 11) is 0. The molecule has 180 valence electrons. The number of ether oxygens (including phenoxy) is 2. The predicted molar refractivity (Wildman–Crippen MR) is 128 cm³/mol. The minimum atomic E-state index is -1.24. The molecule has 2 fully saturated rings. The van der Waals surface area contributed by atoms with Crippen LogP contribution in [0.15, 0.2) is 47.2 Å². The fourth-order valence-corrected chi connectivity index (χ4v) is 6.56. The molecule has 1 aromatic heterocycles. The third-order valence-corrected chi connectivity index (χ3v) is 8.14. The average molecular weight is 523 g/mol. The van der Waals surface area contributed by atoms with Crippen LogP contribution in [0.2, 0.25) is 0 Å². The number of hydrogen-bond donors (Lipinski definition) is 1. The molecule has 0 spiro atoms. The molecule has 11 heteroatoms. The fourth-order valence-electron chi connectivity index (χ4n) is 4.14. The Balaban J connectivity index is 1.45. The van der Waals surface area contributed by atoms with Crippen molar-refractivity contribution >= 4 is 58.5 Å². The second-order valence-electron chi connectivity index (χ2n) is 8.40. The highest BCUT2D eigenvalue weighted by molar-refractivity contribution is 8.01. The number of benzene rings is 1. The summed E-state index contributed by atoms with van der Waals surface area (Å²) in [5, 5.41) is 5.63. The number of nitrogens with one attached hydrogen (secondary N) is 1. The minimum Gasteiger partial charge on any atom is -0.459 e. The van der Waals surface area contributed by atoms with Gasteiger partial charge in [0.1, 0.15) is 24.1 Å². The van der Waals surface area contributed by atoms with Gasteiger partial charge in [0, 0.05) is 4.75 Å². The first-order valence-electron chi connectivity index (χ1n) is 10.5. The number of carbonyl (C=O) groups is 4. The topological polar surface area (TPSA) is 102 Å². The molecule has 1 unspecified atom stereocenters. The third-order valence-electron chi connectivity index (χ3n) is 5.76. The molecule has 0 bridgehead atoms. The Morgan fingerprint density at radius 3 is 2.56 bits per heavy atom. The maximum atomic E-state index is 13.0. The molecule has 4 atom stereocenters. The van der Waals surface area contributed by atoms with Crippen molar-refractivity contribution in [1.82, 2.24) is 10.2 Å². The largest absolute Gasteiger partial charge is 0.459 e. The SMILES string of the molecule is CC1(C)S[C@@H]2[C@H](NC(=O)C(C(=O)OCCl)c3ccsc3)C(=O)N2[C@H]1C(=O)OCc1ccccc1. The van der Waals surface area contributed by atoms with Crippen molar-refractivity contribution in [2.75, 3.05) is 6.07 Å². The van der Waals surface area contributed by atoms with E-state index in [0.29, 0.717) is 5.56 Å². The van der Waals surface area contributed by atoms with Crippen molar-refractivity contribution in [2.24, 2.45) is 0 Å². The fraction of sp³-hybridized carbons (Fsp3) is 0.391. The molecule has 0 radical (unpaired) electrons. The van der Waals surface area contributed by atoms with Crippen LogP contribution in [-0.4, -0.2) is 56.9 Å². The van der Waals surface area contributed by atoms with Gasteiger partial charge in [-0.05, 0) is 41.8 Å². The van der Waals surface area contributed by atoms with Gasteiger partial charge in [-0.2, -0.15) is 11.3 Å². The number of hydrogen-bond acceptors (Lipinski definition) is 8. The molecular weight excluding hydrogens is 500 g/mol. The van der Waals surface area contributed by atoms with Crippen LogP contribution in [0.5, 0.6) is 0 Å². The normalized spacial score (nSPS) is 23.4. The van der Waals surface area contributed by atoms with Gasteiger partial charge in [-0.3, -0.25) is 14.4 Å². The van der Waals surface area contributed by atoms with Gasteiger partial charge >= 0.3 is 11.9 Å². The standard InChI is InChI=1S/C23H23ClN2O6S2/c1-23(2)17(22(30)31-10-13-6-4-3-5-7-13)26-19(28)16(20(26)34-23)25-18(27)15(21(29)32-12-24)14-8-9-33-11-14/h3-9,11,15-17,20H,10,12H2,1-2H3,(H,25,27)/t15?,16-,17+,20-/m1/s1. The number of carbonyl (C=O) groups excluding carboxylic acids is 4. The van der Waals surface area contributed by atoms with Crippen LogP contribution >= 0.6 is 34.7 Å². The van der Waals surface area contributed by atoms with Crippen molar-refractivity contribution in [3.05, 3.63) is 58.3 Å². The van der Waals surface area contributed by atoms with Crippen LogP contribution in [-0.2, 0) is 35.3 Å². The van der Waals surface area contributed by atoms with Crippen molar-refractivity contribution in [3.63, 3.8) is 0 Å². The van der Waals surface area contributed by atoms with Crippen molar-refractivity contribution in [2.45, 2.75) is 48.6 Å². The first-order chi connectivity index (χ1) is 16.2. The lowest BCUT2D eigenvalue weighted by Gasteiger charge is -2.44. The smallest absolute Gasteiger partial charge is 0.330 e. The number of esters is 2. The Hall–Kier alpha value is -2.56. The first kappa shape index (κ1) is 24.6. The molecule has 34 heavy (non-hydrogen) atoms. The average Bonchev–Trinajstić information content (AvgIpc) is 3.41. The minimum absolute atomic E-state index is 0.106. The number of nitrogens with zero attached hydrogens (tertiary/aromatic N) is 1. The van der Waals surface area contributed by atoms with Crippen LogP contribution in [0.4, 0.5) is 0 Å². The highest BCUT2D eigenvalue weighted by Crippen LogP contribution is 2.51. The van der Waals surface area contributed by atoms with E-state index in [0.717, 1.165) is 5.56 Å². The van der Waals surface area contributed by atoms with Crippen LogP contribution in [0, 0.1) is 0 Å². The molecule has 1 N–H and O–H groups in total. The van der Waals surface area contributed by atoms with E-state index in [1.165, 1.54) is 28.0 Å². The number of rotatable bonds is 8. The molecule has 8 nitrogen and oxygen atoms in total. The molecule has 3 heterocycles. The molecule has 2 saturated heterocycles. The molecular formula is C23H23ClN2O6S2. The summed E-state index contributed by atoms with van der Waals surface area (Å²) in [6.07, 6.45) is 0. The van der Waals surface area contributed by atoms with Gasteiger partial charge in [-0.25, -0.2) is 4.79 Å². The van der Waals surface area contributed by atoms with E-state index in [-0.39, 0.29) is 12.7 Å². The van der Waals surface area contributed by atoms with Gasteiger partial charge in [0.25, 0.3) is 0 Å². The maximum absolute atomic E-state index is 13.0. The van der Waals surface area contributed by atoms with Crippen molar-refractivity contribution in [1.29, 1.82) is 0 Å². The molecule has 2 amide bonds. The zero-order chi connectivity index (χ0) is 24.5. The summed E-state index contributed by atoms with van der Waals surface area (Å²) in [6, 6.07) is 8.88. The summed E-state index contributed by atoms with van der Waals surface area (Å²) in [5.41, 5.74) is 1.31. The lowest BCUT2D eigenvalue weighted by atomic mass is 9.95. The molecule has 1 aromatic carbocycles. The number of amides is 2. The Bertz CT molecular complexity index is 1080. The number of fused-ring (bicyclic) bond motifs is 1. The van der Waals surface area contributed by atoms with Crippen molar-refractivity contribution < 1.29 is 28.7 Å². The van der Waals surface area contributed by atoms with Crippen molar-refractivity contribution in [3.8, 4) is 0 Å². The van der Waals surface area contributed by atoms with E-state index in [2.05, 4.69) is 5.32 Å². The van der Waals surface area contributed by atoms with Gasteiger partial charge in [-0.1, -0.05) is 41.9 Å². The molecule has 4 rings (SSSR count). The summed E-state index contributed by atoms with van der Waals surface area (Å²) >= 11 is 8.25. The molecule has 2 aliphatic heterocycles. The summed E-state index contributed by atoms with van der Waals surface area (Å²) in [5.74, 6) is -3.58. The van der Waals surface area contributed by atoms with Gasteiger partial charge < -0.3 is 19.7 Å². The van der Waals surface area contributed by atoms with E-state index >= 15 is 0 Å². The lowest BCUT2D eigenvalue weighted by Crippen LogP contribution is -2.71. The van der Waals surface area contributed by atoms with Gasteiger partial charge in [-0.15, -0.1) is 11.8 Å². The maximum Gasteiger partial charge on any atom is 0.330 e. The van der Waals surface area contributed by atoms with E-state index < -0.39 is 51.9 Å². The highest BCUT2D eigenvalue weighted by Gasteiger charge is 2.64. The summed E-state index contributed by atoms with van der Waals surface area (Å²) in [4.78, 5) is 52.8. The van der Waals surface area contributed by atoms with Gasteiger partial charge in [0.05, 0.1) is 0 Å². The van der Waals surface area contributed by atoms with E-state index in [1.54, 1.807) is 16.8 Å². The number of thioether (sulfide) groups is 1. The number of halogens is 1. The zero-order valence-electron chi connectivity index (χ0n) is 18.4. The Kier molecular flexibility index (Phi) is 7.20. The van der Waals surface area contributed by atoms with Crippen LogP contribution < -0.4 is 5.32 Å². The Morgan fingerprint density at radius 1 is 1.18 bits per heavy atom. The molecule has 0 aliphatic carbocycles. The number of thiophene rings is 1. The number of alkyl halides is 1. The van der Waals surface area contributed by atoms with Gasteiger partial charge in [0.2, 0.25) is 11.8 Å². The van der Waals surface area contributed by atoms with Crippen LogP contribution in [0.3, 0.4) is 0 Å². The highest BCUT2D eigenvalue weighted by atomic mass is 35.5. The second kappa shape index (κ2) is 9.97. The second-order valence-corrected chi connectivity index (χ2v) is 11.2. The number of β-lactam (4-membered cyclic amide) rings is 1. The van der Waals surface area contributed by atoms with Crippen LogP contribution in [0.1, 0.15) is 30.9 Å². The molecule has 2 aromatic rings.